The van der Waals surface area contributed by atoms with Gasteiger partial charge in [-0.2, -0.15) is 20.5 Å². The van der Waals surface area contributed by atoms with Gasteiger partial charge in [0.2, 0.25) is 5.91 Å². The molecule has 0 saturated carbocycles. The molecule has 0 aliphatic carbocycles. The van der Waals surface area contributed by atoms with Gasteiger partial charge in [0.1, 0.15) is 0 Å². The van der Waals surface area contributed by atoms with Crippen molar-refractivity contribution in [1.82, 2.24) is 30.1 Å². The fourth-order valence-electron chi connectivity index (χ4n) is 3.21. The molecule has 9 heteroatoms. The molecule has 3 rings (SSSR count). The van der Waals surface area contributed by atoms with E-state index in [-0.39, 0.29) is 24.2 Å². The van der Waals surface area contributed by atoms with Gasteiger partial charge in [0, 0.05) is 44.4 Å². The third-order valence-electron chi connectivity index (χ3n) is 4.38. The summed E-state index contributed by atoms with van der Waals surface area (Å²) < 4.78 is 1.79. The Hall–Kier alpha value is -2.71. The molecule has 2 aromatic rings. The van der Waals surface area contributed by atoms with Crippen molar-refractivity contribution in [2.75, 3.05) is 13.1 Å². The van der Waals surface area contributed by atoms with E-state index in [4.69, 9.17) is 5.11 Å². The number of aromatic nitrogens is 5. The Morgan fingerprint density at radius 1 is 1.38 bits per heavy atom. The molecule has 0 aromatic carbocycles. The summed E-state index contributed by atoms with van der Waals surface area (Å²) in [6.45, 7) is 1.63. The minimum Gasteiger partial charge on any atom is -0.481 e. The number of amides is 1. The zero-order valence-electron chi connectivity index (χ0n) is 13.2. The average Bonchev–Trinajstić information content (AvgIpc) is 3.27. The third-order valence-corrected chi connectivity index (χ3v) is 4.38. The zero-order chi connectivity index (χ0) is 16.9. The van der Waals surface area contributed by atoms with Crippen LogP contribution in [-0.2, 0) is 16.1 Å². The molecule has 2 atom stereocenters. The molecule has 0 radical (unpaired) electrons. The van der Waals surface area contributed by atoms with Crippen LogP contribution >= 0.6 is 0 Å². The highest BCUT2D eigenvalue weighted by Crippen LogP contribution is 2.33. The van der Waals surface area contributed by atoms with Gasteiger partial charge in [-0.15, -0.1) is 0 Å². The first-order chi connectivity index (χ1) is 11.6. The van der Waals surface area contributed by atoms with E-state index in [1.165, 1.54) is 0 Å². The molecule has 1 saturated heterocycles. The summed E-state index contributed by atoms with van der Waals surface area (Å²) in [6, 6.07) is 1.85. The Kier molecular flexibility index (Phi) is 4.88. The number of nitrogens with one attached hydrogen (secondary N) is 1. The quantitative estimate of drug-likeness (QED) is 0.762. The molecule has 2 aromatic heterocycles. The number of aliphatic carboxylic acids is 1. The smallest absolute Gasteiger partial charge is 0.303 e. The first-order valence-corrected chi connectivity index (χ1v) is 7.96. The normalized spacial score (nSPS) is 20.4. The molecule has 1 aliphatic rings. The van der Waals surface area contributed by atoms with E-state index in [1.807, 2.05) is 12.3 Å². The molecule has 0 spiro atoms. The van der Waals surface area contributed by atoms with Crippen molar-refractivity contribution in [1.29, 1.82) is 0 Å². The Bertz CT molecular complexity index is 669. The summed E-state index contributed by atoms with van der Waals surface area (Å²) in [4.78, 5) is 25.3. The first-order valence-electron chi connectivity index (χ1n) is 7.96. The maximum atomic E-state index is 12.4. The van der Waals surface area contributed by atoms with Gasteiger partial charge in [-0.3, -0.25) is 14.3 Å². The molecule has 1 fully saturated rings. The Morgan fingerprint density at radius 2 is 2.25 bits per heavy atom. The van der Waals surface area contributed by atoms with Crippen molar-refractivity contribution >= 4 is 11.9 Å². The van der Waals surface area contributed by atoms with Gasteiger partial charge in [-0.1, -0.05) is 0 Å². The van der Waals surface area contributed by atoms with Crippen molar-refractivity contribution in [3.05, 3.63) is 30.4 Å². The van der Waals surface area contributed by atoms with E-state index >= 15 is 0 Å². The number of nitrogens with zero attached hydrogens (tertiary/aromatic N) is 5. The highest BCUT2D eigenvalue weighted by molar-refractivity contribution is 5.77. The minimum atomic E-state index is -0.860. The zero-order valence-corrected chi connectivity index (χ0v) is 13.2. The maximum Gasteiger partial charge on any atom is 0.303 e. The summed E-state index contributed by atoms with van der Waals surface area (Å²) in [5.74, 6) is -1.04. The lowest BCUT2D eigenvalue weighted by Crippen LogP contribution is -2.29. The summed E-state index contributed by atoms with van der Waals surface area (Å²) >= 11 is 0. The summed E-state index contributed by atoms with van der Waals surface area (Å²) in [5, 5.41) is 23.6. The number of hydrogen-bond donors (Lipinski definition) is 2. The number of carboxylic acid groups (broad SMARTS) is 1. The second kappa shape index (κ2) is 7.24. The van der Waals surface area contributed by atoms with Crippen LogP contribution in [0.15, 0.2) is 24.7 Å². The van der Waals surface area contributed by atoms with Crippen LogP contribution in [0.1, 0.15) is 30.9 Å². The molecule has 1 aliphatic heterocycles. The topological polar surface area (TPSA) is 117 Å². The fourth-order valence-corrected chi connectivity index (χ4v) is 3.21. The molecule has 9 nitrogen and oxygen atoms in total. The van der Waals surface area contributed by atoms with E-state index in [0.717, 1.165) is 0 Å². The number of aryl methyl sites for hydroxylation is 1. The number of hydrogen-bond acceptors (Lipinski definition) is 5. The number of carbonyl (C=O) groups is 2. The van der Waals surface area contributed by atoms with Crippen LogP contribution in [0.2, 0.25) is 0 Å². The minimum absolute atomic E-state index is 0.0224. The van der Waals surface area contributed by atoms with Gasteiger partial charge < -0.3 is 10.0 Å². The van der Waals surface area contributed by atoms with Crippen molar-refractivity contribution in [2.45, 2.75) is 31.7 Å². The van der Waals surface area contributed by atoms with Crippen LogP contribution in [0.4, 0.5) is 0 Å². The molecule has 24 heavy (non-hydrogen) atoms. The third kappa shape index (κ3) is 3.79. The molecule has 0 bridgehead atoms. The summed E-state index contributed by atoms with van der Waals surface area (Å²) in [6.07, 6.45) is 6.32. The molecular formula is C15H20N6O3. The molecule has 0 unspecified atom stereocenters. The van der Waals surface area contributed by atoms with E-state index in [0.29, 0.717) is 38.2 Å². The number of likely N-dealkylation sites (tertiary alicyclic amines) is 1. The molecule has 2 N–H and O–H groups in total. The monoisotopic (exact) mass is 332 g/mol. The lowest BCUT2D eigenvalue weighted by atomic mass is 9.91. The number of aromatic amines is 1. The molecular weight excluding hydrogens is 312 g/mol. The van der Waals surface area contributed by atoms with E-state index < -0.39 is 5.97 Å². The van der Waals surface area contributed by atoms with E-state index in [1.54, 1.807) is 22.0 Å². The second-order valence-corrected chi connectivity index (χ2v) is 6.03. The number of H-pyrrole nitrogens is 1. The second-order valence-electron chi connectivity index (χ2n) is 6.03. The van der Waals surface area contributed by atoms with Crippen molar-refractivity contribution in [3.8, 4) is 0 Å². The Morgan fingerprint density at radius 3 is 2.92 bits per heavy atom. The first kappa shape index (κ1) is 16.2. The van der Waals surface area contributed by atoms with Gasteiger partial charge >= 0.3 is 5.97 Å². The number of carbonyl (C=O) groups excluding carboxylic acids is 1. The van der Waals surface area contributed by atoms with Crippen molar-refractivity contribution in [3.63, 3.8) is 0 Å². The lowest BCUT2D eigenvalue weighted by molar-refractivity contribution is -0.138. The highest BCUT2D eigenvalue weighted by atomic mass is 16.4. The number of rotatable bonds is 7. The van der Waals surface area contributed by atoms with Gasteiger partial charge in [-0.05, 0) is 18.4 Å². The van der Waals surface area contributed by atoms with Crippen molar-refractivity contribution < 1.29 is 14.7 Å². The van der Waals surface area contributed by atoms with Crippen molar-refractivity contribution in [2.24, 2.45) is 5.92 Å². The lowest BCUT2D eigenvalue weighted by Gasteiger charge is -2.16. The Labute approximate surface area is 138 Å². The summed E-state index contributed by atoms with van der Waals surface area (Å²) in [7, 11) is 0. The van der Waals surface area contributed by atoms with Crippen LogP contribution < -0.4 is 0 Å². The van der Waals surface area contributed by atoms with Gasteiger partial charge in [0.25, 0.3) is 0 Å². The van der Waals surface area contributed by atoms with Crippen LogP contribution in [0.5, 0.6) is 0 Å². The predicted molar refractivity (Wildman–Crippen MR) is 82.9 cm³/mol. The average molecular weight is 332 g/mol. The summed E-state index contributed by atoms with van der Waals surface area (Å²) in [5.41, 5.74) is 0.716. The molecule has 3 heterocycles. The molecule has 1 amide bonds. The SMILES string of the molecule is O=C(O)C[C@@H]1CN(C(=O)CCCn2cccn2)C[C@@H]1c1cn[nH]n1. The van der Waals surface area contributed by atoms with E-state index in [2.05, 4.69) is 20.5 Å². The maximum absolute atomic E-state index is 12.4. The van der Waals surface area contributed by atoms with Crippen LogP contribution in [-0.4, -0.2) is 60.2 Å². The van der Waals surface area contributed by atoms with Gasteiger partial charge in [0.05, 0.1) is 18.3 Å². The van der Waals surface area contributed by atoms with Crippen LogP contribution in [0.3, 0.4) is 0 Å². The highest BCUT2D eigenvalue weighted by Gasteiger charge is 2.38. The fraction of sp³-hybridized carbons (Fsp3) is 0.533. The van der Waals surface area contributed by atoms with Crippen LogP contribution in [0.25, 0.3) is 0 Å². The van der Waals surface area contributed by atoms with Gasteiger partial charge in [0.15, 0.2) is 0 Å². The Balaban J connectivity index is 1.57. The number of carboxylic acids is 1. The van der Waals surface area contributed by atoms with Gasteiger partial charge in [-0.25, -0.2) is 0 Å². The molecule has 128 valence electrons. The standard InChI is InChI=1S/C15H20N6O3/c22-14(3-1-5-21-6-2-4-17-21)20-9-11(7-15(23)24)12(10-20)13-8-16-19-18-13/h2,4,6,8,11-12H,1,3,5,7,9-10H2,(H,23,24)(H,16,18,19)/t11-,12+/m1/s1. The van der Waals surface area contributed by atoms with E-state index in [9.17, 15) is 9.59 Å². The van der Waals surface area contributed by atoms with Crippen LogP contribution in [0, 0.1) is 5.92 Å². The predicted octanol–water partition coefficient (Wildman–Crippen LogP) is 0.498. The largest absolute Gasteiger partial charge is 0.481 e.